The van der Waals surface area contributed by atoms with Gasteiger partial charge in [-0.1, -0.05) is 0 Å². The second-order valence-corrected chi connectivity index (χ2v) is 40.1. The summed E-state index contributed by atoms with van der Waals surface area (Å²) in [6.07, 6.45) is -8.86. The topological polar surface area (TPSA) is 147 Å². The summed E-state index contributed by atoms with van der Waals surface area (Å²) in [6.45, 7) is 33.3. The van der Waals surface area contributed by atoms with Crippen LogP contribution in [-0.4, -0.2) is 133 Å². The molecule has 2 rings (SSSR count). The van der Waals surface area contributed by atoms with Crippen LogP contribution in [0.1, 0.15) is 13.8 Å². The van der Waals surface area contributed by atoms with Gasteiger partial charge < -0.3 is 50.9 Å². The van der Waals surface area contributed by atoms with Gasteiger partial charge in [0, 0.05) is 13.8 Å². The summed E-state index contributed by atoms with van der Waals surface area (Å²) in [5.41, 5.74) is 0. The second-order valence-electron chi connectivity index (χ2n) is 17.8. The minimum absolute atomic E-state index is 0.0947. The van der Waals surface area contributed by atoms with Gasteiger partial charge in [-0.05, 0) is 98.2 Å². The molecule has 0 radical (unpaired) electrons. The van der Waals surface area contributed by atoms with Crippen LogP contribution in [0.5, 0.6) is 0 Å². The van der Waals surface area contributed by atoms with E-state index in [4.69, 9.17) is 45.8 Å². The average Bonchev–Trinajstić information content (AvgIpc) is 2.85. The molecule has 0 spiro atoms. The van der Waals surface area contributed by atoms with E-state index >= 15 is 0 Å². The average molecular weight is 787 g/mol. The zero-order valence-corrected chi connectivity index (χ0v) is 38.0. The van der Waals surface area contributed by atoms with Crippen molar-refractivity contribution in [2.24, 2.45) is 0 Å². The van der Waals surface area contributed by atoms with Gasteiger partial charge in [-0.25, -0.2) is 0 Å². The largest absolute Gasteiger partial charge is 0.463 e. The number of carbonyl (C=O) groups is 2. The standard InChI is InChI=1S/C31H66O13Si5/c1-20(32)35-18-22-24(26(41-46(6,7)8)28(30(34)37-22)43-48(12,13)14)39-31-29(44-49(15,16)17)27(42-47(9,10)11)25(40-45(3,4)5)23(38-31)19-36-21(2)33/h22-31,34H,18-19H2,1-17H3/t22-,23-,24-,25-,26+,27+,28-,29-,30?,31+/m1/s1. The van der Waals surface area contributed by atoms with Crippen LogP contribution in [0.25, 0.3) is 0 Å². The monoisotopic (exact) mass is 786 g/mol. The maximum atomic E-state index is 12.1. The summed E-state index contributed by atoms with van der Waals surface area (Å²) in [5, 5.41) is 11.3. The number of hydrogen-bond acceptors (Lipinski definition) is 13. The van der Waals surface area contributed by atoms with Gasteiger partial charge in [0.1, 0.15) is 62.0 Å². The van der Waals surface area contributed by atoms with E-state index in [1.54, 1.807) is 0 Å². The molecule has 0 amide bonds. The molecule has 0 aromatic heterocycles. The van der Waals surface area contributed by atoms with Crippen LogP contribution in [0.3, 0.4) is 0 Å². The molecule has 10 atom stereocenters. The maximum absolute atomic E-state index is 12.1. The Balaban J connectivity index is 2.80. The summed E-state index contributed by atoms with van der Waals surface area (Å²) >= 11 is 0. The summed E-state index contributed by atoms with van der Waals surface area (Å²) in [4.78, 5) is 24.1. The van der Waals surface area contributed by atoms with Crippen LogP contribution in [0.15, 0.2) is 0 Å². The molecule has 2 heterocycles. The number of rotatable bonds is 16. The van der Waals surface area contributed by atoms with Gasteiger partial charge in [0.05, 0.1) is 0 Å². The SMILES string of the molecule is CC(=O)OC[C@H]1O[C@@H](O[C@H]2[C@H](O[Si](C)(C)C)[C@@H](O[Si](C)(C)C)C(O)O[C@@H]2COC(C)=O)[C@H](O[Si](C)(C)C)[C@@H](O[Si](C)(C)C)[C@@H]1O[Si](C)(C)C. The lowest BCUT2D eigenvalue weighted by Gasteiger charge is -2.53. The fourth-order valence-corrected chi connectivity index (χ4v) is 11.0. The van der Waals surface area contributed by atoms with E-state index in [0.717, 1.165) is 0 Å². The van der Waals surface area contributed by atoms with E-state index in [9.17, 15) is 14.7 Å². The van der Waals surface area contributed by atoms with Gasteiger partial charge in [-0.15, -0.1) is 0 Å². The molecule has 13 nitrogen and oxygen atoms in total. The molecule has 0 bridgehead atoms. The van der Waals surface area contributed by atoms with Crippen molar-refractivity contribution in [1.29, 1.82) is 0 Å². The molecule has 2 fully saturated rings. The van der Waals surface area contributed by atoms with E-state index in [1.807, 2.05) is 39.3 Å². The number of carbonyl (C=O) groups excluding carboxylic acids is 2. The Morgan fingerprint density at radius 3 is 1.20 bits per heavy atom. The summed E-state index contributed by atoms with van der Waals surface area (Å²) in [5.74, 6) is -0.966. The first-order valence-electron chi connectivity index (χ1n) is 17.2. The Bertz CT molecular complexity index is 1080. The Labute approximate surface area is 299 Å². The van der Waals surface area contributed by atoms with Crippen LogP contribution in [0.2, 0.25) is 98.2 Å². The van der Waals surface area contributed by atoms with Gasteiger partial charge in [0.25, 0.3) is 0 Å². The Morgan fingerprint density at radius 1 is 0.490 bits per heavy atom. The zero-order valence-electron chi connectivity index (χ0n) is 33.0. The highest BCUT2D eigenvalue weighted by atomic mass is 28.4. The van der Waals surface area contributed by atoms with Crippen LogP contribution in [0.4, 0.5) is 0 Å². The van der Waals surface area contributed by atoms with Crippen molar-refractivity contribution in [2.75, 3.05) is 13.2 Å². The van der Waals surface area contributed by atoms with Gasteiger partial charge in [-0.2, -0.15) is 0 Å². The highest BCUT2D eigenvalue weighted by molar-refractivity contribution is 6.71. The first kappa shape index (κ1) is 44.8. The lowest BCUT2D eigenvalue weighted by molar-refractivity contribution is -0.347. The van der Waals surface area contributed by atoms with Gasteiger partial charge in [0.2, 0.25) is 0 Å². The molecule has 0 aliphatic carbocycles. The maximum Gasteiger partial charge on any atom is 0.302 e. The number of ether oxygens (including phenoxy) is 5. The first-order valence-corrected chi connectivity index (χ1v) is 34.3. The van der Waals surface area contributed by atoms with E-state index in [2.05, 4.69) is 58.9 Å². The van der Waals surface area contributed by atoms with Crippen molar-refractivity contribution in [1.82, 2.24) is 0 Å². The molecule has 0 aromatic rings. The Morgan fingerprint density at radius 2 is 0.816 bits per heavy atom. The van der Waals surface area contributed by atoms with Gasteiger partial charge >= 0.3 is 11.9 Å². The van der Waals surface area contributed by atoms with E-state index in [0.29, 0.717) is 0 Å². The molecular formula is C31H66O13Si5. The summed E-state index contributed by atoms with van der Waals surface area (Å²) < 4.78 is 64.7. The predicted molar refractivity (Wildman–Crippen MR) is 199 cm³/mol. The number of esters is 2. The third kappa shape index (κ3) is 16.1. The lowest BCUT2D eigenvalue weighted by Crippen LogP contribution is -2.69. The normalized spacial score (nSPS) is 32.1. The van der Waals surface area contributed by atoms with Crippen LogP contribution in [-0.2, 0) is 55.4 Å². The van der Waals surface area contributed by atoms with Crippen LogP contribution >= 0.6 is 0 Å². The van der Waals surface area contributed by atoms with Crippen molar-refractivity contribution >= 4 is 53.5 Å². The smallest absolute Gasteiger partial charge is 0.302 e. The minimum Gasteiger partial charge on any atom is -0.463 e. The molecule has 0 aromatic carbocycles. The lowest BCUT2D eigenvalue weighted by atomic mass is 9.97. The fourth-order valence-electron chi connectivity index (χ4n) is 5.57. The molecular weight excluding hydrogens is 721 g/mol. The van der Waals surface area contributed by atoms with E-state index in [1.165, 1.54) is 13.8 Å². The molecule has 1 unspecified atom stereocenters. The number of aliphatic hydroxyl groups excluding tert-OH is 1. The van der Waals surface area contributed by atoms with Crippen molar-refractivity contribution in [3.05, 3.63) is 0 Å². The summed E-state index contributed by atoms with van der Waals surface area (Å²) in [6, 6.07) is 0. The van der Waals surface area contributed by atoms with Crippen LogP contribution in [0, 0.1) is 0 Å². The van der Waals surface area contributed by atoms with Crippen LogP contribution < -0.4 is 0 Å². The van der Waals surface area contributed by atoms with E-state index in [-0.39, 0.29) is 13.2 Å². The van der Waals surface area contributed by atoms with E-state index < -0.39 is 115 Å². The molecule has 0 saturated carbocycles. The quantitative estimate of drug-likeness (QED) is 0.165. The molecule has 2 aliphatic heterocycles. The van der Waals surface area contributed by atoms with Crippen molar-refractivity contribution in [3.63, 3.8) is 0 Å². The molecule has 49 heavy (non-hydrogen) atoms. The van der Waals surface area contributed by atoms with Crippen molar-refractivity contribution < 1.29 is 60.5 Å². The fraction of sp³-hybridized carbons (Fsp3) is 0.935. The molecule has 288 valence electrons. The zero-order chi connectivity index (χ0) is 37.9. The third-order valence-electron chi connectivity index (χ3n) is 6.84. The third-order valence-corrected chi connectivity index (χ3v) is 11.7. The molecule has 1 N–H and O–H groups in total. The highest BCUT2D eigenvalue weighted by Gasteiger charge is 2.56. The number of hydrogen-bond donors (Lipinski definition) is 1. The summed E-state index contributed by atoms with van der Waals surface area (Å²) in [7, 11) is -11.4. The second kappa shape index (κ2) is 17.2. The minimum atomic E-state index is -2.33. The molecule has 2 saturated heterocycles. The highest BCUT2D eigenvalue weighted by Crippen LogP contribution is 2.38. The Hall–Kier alpha value is -0.336. The molecule has 2 aliphatic rings. The van der Waals surface area contributed by atoms with Crippen molar-refractivity contribution in [3.8, 4) is 0 Å². The molecule has 18 heteroatoms. The predicted octanol–water partition coefficient (Wildman–Crippen LogP) is 5.04. The van der Waals surface area contributed by atoms with Gasteiger partial charge in [-0.3, -0.25) is 9.59 Å². The van der Waals surface area contributed by atoms with Crippen molar-refractivity contribution in [2.45, 2.75) is 173 Å². The number of aliphatic hydroxyl groups is 1. The van der Waals surface area contributed by atoms with Gasteiger partial charge in [0.15, 0.2) is 54.2 Å². The first-order chi connectivity index (χ1) is 21.9. The Kier molecular flexibility index (Phi) is 15.7.